The van der Waals surface area contributed by atoms with Crippen molar-refractivity contribution in [3.63, 3.8) is 0 Å². The number of hydrogen-bond acceptors (Lipinski definition) is 0. The lowest BCUT2D eigenvalue weighted by molar-refractivity contribution is 0.663. The highest BCUT2D eigenvalue weighted by molar-refractivity contribution is 5.05. The van der Waals surface area contributed by atoms with E-state index in [1.165, 1.54) is 38.5 Å². The van der Waals surface area contributed by atoms with Gasteiger partial charge in [0.15, 0.2) is 0 Å². The zero-order chi connectivity index (χ0) is 8.53. The van der Waals surface area contributed by atoms with Crippen molar-refractivity contribution in [3.05, 3.63) is 18.6 Å². The minimum Gasteiger partial charge on any atom is -0.102 e. The third-order valence-electron chi connectivity index (χ3n) is 1.99. The van der Waals surface area contributed by atoms with E-state index in [-0.39, 0.29) is 0 Å². The molecule has 0 amide bonds. The summed E-state index contributed by atoms with van der Waals surface area (Å²) in [7, 11) is 0. The van der Waals surface area contributed by atoms with Gasteiger partial charge in [-0.3, -0.25) is 0 Å². The first-order valence-electron chi connectivity index (χ1n) is 4.82. The summed E-state index contributed by atoms with van der Waals surface area (Å²) in [5.74, 6) is 1.55. The maximum Gasteiger partial charge on any atom is -0.00301 e. The molecule has 0 aromatic rings. The molecule has 0 aliphatic rings. The maximum absolute atomic E-state index is 3.83. The Morgan fingerprint density at radius 2 is 1.55 bits per heavy atom. The van der Waals surface area contributed by atoms with Gasteiger partial charge in [-0.15, -0.1) is 6.58 Å². The van der Waals surface area contributed by atoms with Gasteiger partial charge in [0.1, 0.15) is 0 Å². The van der Waals surface area contributed by atoms with E-state index in [1.54, 1.807) is 5.92 Å². The van der Waals surface area contributed by atoms with Crippen molar-refractivity contribution in [2.75, 3.05) is 0 Å². The van der Waals surface area contributed by atoms with E-state index in [1.807, 2.05) is 6.08 Å². The van der Waals surface area contributed by atoms with Crippen LogP contribution in [-0.2, 0) is 0 Å². The lowest BCUT2D eigenvalue weighted by Crippen LogP contribution is -1.92. The number of hydrogen-bond donors (Lipinski definition) is 0. The van der Waals surface area contributed by atoms with Crippen molar-refractivity contribution in [3.8, 4) is 0 Å². The summed E-state index contributed by atoms with van der Waals surface area (Å²) >= 11 is 0. The van der Waals surface area contributed by atoms with Crippen LogP contribution >= 0.6 is 0 Å². The molecule has 0 saturated heterocycles. The molecule has 0 bridgehead atoms. The quantitative estimate of drug-likeness (QED) is 0.516. The molecule has 1 radical (unpaired) electrons. The Morgan fingerprint density at radius 1 is 1.09 bits per heavy atom. The third kappa shape index (κ3) is 6.15. The van der Waals surface area contributed by atoms with Gasteiger partial charge in [-0.2, -0.15) is 0 Å². The third-order valence-corrected chi connectivity index (χ3v) is 1.99. The van der Waals surface area contributed by atoms with Gasteiger partial charge in [0, 0.05) is 0 Å². The van der Waals surface area contributed by atoms with Crippen LogP contribution < -0.4 is 0 Å². The summed E-state index contributed by atoms with van der Waals surface area (Å²) in [5, 5.41) is 0. The van der Waals surface area contributed by atoms with Crippen molar-refractivity contribution < 1.29 is 0 Å². The Morgan fingerprint density at radius 3 is 1.82 bits per heavy atom. The van der Waals surface area contributed by atoms with Crippen LogP contribution in [0.4, 0.5) is 0 Å². The smallest absolute Gasteiger partial charge is 0.00301 e. The summed E-state index contributed by atoms with van der Waals surface area (Å²) in [4.78, 5) is 0. The van der Waals surface area contributed by atoms with Gasteiger partial charge in [0.05, 0.1) is 0 Å². The number of unbranched alkanes of at least 4 members (excludes halogenated alkanes) is 2. The fourth-order valence-corrected chi connectivity index (χ4v) is 1.14. The lowest BCUT2D eigenvalue weighted by Gasteiger charge is -2.09. The van der Waals surface area contributed by atoms with Crippen molar-refractivity contribution >= 4 is 0 Å². The van der Waals surface area contributed by atoms with E-state index in [9.17, 15) is 0 Å². The molecule has 0 rings (SSSR count). The fraction of sp³-hybridized carbons (Fsp3) is 0.727. The van der Waals surface area contributed by atoms with E-state index in [0.29, 0.717) is 0 Å². The maximum atomic E-state index is 3.83. The lowest BCUT2D eigenvalue weighted by atomic mass is 9.96. The van der Waals surface area contributed by atoms with Gasteiger partial charge in [0.2, 0.25) is 0 Å². The minimum atomic E-state index is 1.26. The summed E-state index contributed by atoms with van der Waals surface area (Å²) < 4.78 is 0. The molecule has 0 fully saturated rings. The van der Waals surface area contributed by atoms with Crippen LogP contribution in [0.15, 0.2) is 12.7 Å². The zero-order valence-corrected chi connectivity index (χ0v) is 8.03. The SMILES string of the molecule is C=C[C](CCCC)CCCC. The second-order valence-corrected chi connectivity index (χ2v) is 3.07. The average molecular weight is 153 g/mol. The fourth-order valence-electron chi connectivity index (χ4n) is 1.14. The first kappa shape index (κ1) is 10.7. The first-order chi connectivity index (χ1) is 5.35. The number of rotatable bonds is 7. The van der Waals surface area contributed by atoms with Crippen molar-refractivity contribution in [1.82, 2.24) is 0 Å². The zero-order valence-electron chi connectivity index (χ0n) is 8.03. The monoisotopic (exact) mass is 153 g/mol. The Hall–Kier alpha value is -0.260. The molecule has 11 heavy (non-hydrogen) atoms. The molecule has 0 aliphatic heterocycles. The van der Waals surface area contributed by atoms with E-state index in [4.69, 9.17) is 0 Å². The van der Waals surface area contributed by atoms with E-state index >= 15 is 0 Å². The van der Waals surface area contributed by atoms with Gasteiger partial charge in [0.25, 0.3) is 0 Å². The van der Waals surface area contributed by atoms with Gasteiger partial charge in [-0.1, -0.05) is 45.6 Å². The predicted molar refractivity (Wildman–Crippen MR) is 52.5 cm³/mol. The highest BCUT2D eigenvalue weighted by atomic mass is 14.1. The van der Waals surface area contributed by atoms with E-state index in [0.717, 1.165) is 0 Å². The molecule has 0 spiro atoms. The van der Waals surface area contributed by atoms with Crippen LogP contribution in [-0.4, -0.2) is 0 Å². The Kier molecular flexibility index (Phi) is 7.66. The predicted octanol–water partition coefficient (Wildman–Crippen LogP) is 4.13. The van der Waals surface area contributed by atoms with Gasteiger partial charge < -0.3 is 0 Å². The molecule has 0 nitrogen and oxygen atoms in total. The molecule has 0 aromatic heterocycles. The highest BCUT2D eigenvalue weighted by Crippen LogP contribution is 2.18. The topological polar surface area (TPSA) is 0 Å². The molecule has 0 atom stereocenters. The molecule has 0 N–H and O–H groups in total. The Balaban J connectivity index is 3.33. The van der Waals surface area contributed by atoms with Crippen LogP contribution in [0, 0.1) is 5.92 Å². The summed E-state index contributed by atoms with van der Waals surface area (Å²) in [5.41, 5.74) is 0. The van der Waals surface area contributed by atoms with Crippen molar-refractivity contribution in [2.24, 2.45) is 0 Å². The molecule has 0 aromatic carbocycles. The number of allylic oxidation sites excluding steroid dienone is 1. The normalized spacial score (nSPS) is 10.5. The van der Waals surface area contributed by atoms with Crippen molar-refractivity contribution in [2.45, 2.75) is 52.4 Å². The molecule has 65 valence electrons. The molecule has 0 unspecified atom stereocenters. The highest BCUT2D eigenvalue weighted by Gasteiger charge is 2.02. The largest absolute Gasteiger partial charge is 0.102 e. The molecule has 0 saturated carbocycles. The van der Waals surface area contributed by atoms with Crippen LogP contribution in [0.25, 0.3) is 0 Å². The molecule has 0 heteroatoms. The molecule has 0 aliphatic carbocycles. The summed E-state index contributed by atoms with van der Waals surface area (Å²) in [6.07, 6.45) is 9.81. The van der Waals surface area contributed by atoms with Crippen LogP contribution in [0.5, 0.6) is 0 Å². The molecular formula is C11H21. The second-order valence-electron chi connectivity index (χ2n) is 3.07. The average Bonchev–Trinajstić information content (AvgIpc) is 2.05. The minimum absolute atomic E-state index is 1.26. The van der Waals surface area contributed by atoms with Crippen LogP contribution in [0.3, 0.4) is 0 Å². The van der Waals surface area contributed by atoms with Gasteiger partial charge >= 0.3 is 0 Å². The van der Waals surface area contributed by atoms with Crippen molar-refractivity contribution in [1.29, 1.82) is 0 Å². The Labute approximate surface area is 71.7 Å². The van der Waals surface area contributed by atoms with Gasteiger partial charge in [-0.25, -0.2) is 0 Å². The summed E-state index contributed by atoms with van der Waals surface area (Å²) in [6.45, 7) is 8.30. The molecular weight excluding hydrogens is 132 g/mol. The van der Waals surface area contributed by atoms with E-state index in [2.05, 4.69) is 20.4 Å². The summed E-state index contributed by atoms with van der Waals surface area (Å²) in [6, 6.07) is 0. The molecule has 0 heterocycles. The second kappa shape index (κ2) is 7.84. The van der Waals surface area contributed by atoms with E-state index < -0.39 is 0 Å². The Bertz CT molecular complexity index is 76.0. The standard InChI is InChI=1S/C11H21/c1-4-7-9-11(6-3)10-8-5-2/h6H,3-5,7-10H2,1-2H3. The van der Waals surface area contributed by atoms with Crippen LogP contribution in [0.1, 0.15) is 52.4 Å². The first-order valence-corrected chi connectivity index (χ1v) is 4.82. The van der Waals surface area contributed by atoms with Gasteiger partial charge in [-0.05, 0) is 18.8 Å². The van der Waals surface area contributed by atoms with Crippen LogP contribution in [0.2, 0.25) is 0 Å².